The third-order valence-electron chi connectivity index (χ3n) is 2.70. The van der Waals surface area contributed by atoms with Gasteiger partial charge in [0.25, 0.3) is 0 Å². The van der Waals surface area contributed by atoms with Crippen molar-refractivity contribution >= 4 is 55.0 Å². The van der Waals surface area contributed by atoms with Gasteiger partial charge in [-0.1, -0.05) is 49.6 Å². The third kappa shape index (κ3) is 10.1. The number of carbonyl (C=O) groups excluding carboxylic acids is 2. The highest BCUT2D eigenvalue weighted by molar-refractivity contribution is 8.77. The lowest BCUT2D eigenvalue weighted by atomic mass is 10.1. The van der Waals surface area contributed by atoms with Crippen LogP contribution in [0, 0.1) is 0 Å². The Morgan fingerprint density at radius 2 is 2.15 bits per heavy atom. The summed E-state index contributed by atoms with van der Waals surface area (Å²) in [6, 6.07) is 0. The SMILES string of the molecule is NC(=O)CSSCCNC(=O)CCCC[C@@H]1CCSS1. The van der Waals surface area contributed by atoms with Crippen molar-refractivity contribution in [3.8, 4) is 0 Å². The summed E-state index contributed by atoms with van der Waals surface area (Å²) in [6.07, 6.45) is 5.32. The molecule has 8 heteroatoms. The van der Waals surface area contributed by atoms with Crippen molar-refractivity contribution in [1.29, 1.82) is 0 Å². The Bertz CT molecular complexity index is 299. The van der Waals surface area contributed by atoms with Gasteiger partial charge in [0.15, 0.2) is 0 Å². The second-order valence-electron chi connectivity index (χ2n) is 4.48. The summed E-state index contributed by atoms with van der Waals surface area (Å²) in [5, 5.41) is 3.71. The zero-order valence-electron chi connectivity index (χ0n) is 11.5. The van der Waals surface area contributed by atoms with E-state index in [1.807, 2.05) is 21.6 Å². The van der Waals surface area contributed by atoms with Crippen LogP contribution < -0.4 is 11.1 Å². The molecule has 1 aliphatic heterocycles. The molecule has 0 saturated carbocycles. The zero-order chi connectivity index (χ0) is 14.6. The molecular formula is C12H22N2O2S4. The normalized spacial score (nSPS) is 18.1. The van der Waals surface area contributed by atoms with Crippen molar-refractivity contribution in [3.63, 3.8) is 0 Å². The lowest BCUT2D eigenvalue weighted by Crippen LogP contribution is -2.25. The summed E-state index contributed by atoms with van der Waals surface area (Å²) in [5.74, 6) is 2.25. The van der Waals surface area contributed by atoms with Gasteiger partial charge in [0.2, 0.25) is 11.8 Å². The van der Waals surface area contributed by atoms with Crippen molar-refractivity contribution in [1.82, 2.24) is 5.32 Å². The number of hydrogen-bond donors (Lipinski definition) is 2. The topological polar surface area (TPSA) is 72.2 Å². The molecule has 0 bridgehead atoms. The molecule has 20 heavy (non-hydrogen) atoms. The predicted molar refractivity (Wildman–Crippen MR) is 94.0 cm³/mol. The van der Waals surface area contributed by atoms with E-state index in [2.05, 4.69) is 5.32 Å². The van der Waals surface area contributed by atoms with Gasteiger partial charge in [-0.15, -0.1) is 0 Å². The molecule has 0 aromatic carbocycles. The predicted octanol–water partition coefficient (Wildman–Crippen LogP) is 2.68. The summed E-state index contributed by atoms with van der Waals surface area (Å²) in [4.78, 5) is 22.1. The zero-order valence-corrected chi connectivity index (χ0v) is 14.7. The van der Waals surface area contributed by atoms with Crippen LogP contribution in [0.25, 0.3) is 0 Å². The summed E-state index contributed by atoms with van der Waals surface area (Å²) < 4.78 is 0. The number of amides is 2. The van der Waals surface area contributed by atoms with Gasteiger partial charge < -0.3 is 11.1 Å². The smallest absolute Gasteiger partial charge is 0.228 e. The molecule has 1 rings (SSSR count). The van der Waals surface area contributed by atoms with Crippen LogP contribution in [0.4, 0.5) is 0 Å². The van der Waals surface area contributed by atoms with Crippen molar-refractivity contribution < 1.29 is 9.59 Å². The largest absolute Gasteiger partial charge is 0.369 e. The fraction of sp³-hybridized carbons (Fsp3) is 0.833. The van der Waals surface area contributed by atoms with Gasteiger partial charge in [0.05, 0.1) is 5.75 Å². The van der Waals surface area contributed by atoms with E-state index in [0.717, 1.165) is 23.8 Å². The molecule has 3 N–H and O–H groups in total. The molecule has 4 nitrogen and oxygen atoms in total. The van der Waals surface area contributed by atoms with Gasteiger partial charge in [-0.3, -0.25) is 9.59 Å². The van der Waals surface area contributed by atoms with Crippen molar-refractivity contribution in [3.05, 3.63) is 0 Å². The molecule has 0 unspecified atom stereocenters. The first kappa shape index (κ1) is 18.4. The molecule has 0 radical (unpaired) electrons. The van der Waals surface area contributed by atoms with Crippen LogP contribution in [0.15, 0.2) is 0 Å². The van der Waals surface area contributed by atoms with Crippen LogP contribution in [0.5, 0.6) is 0 Å². The summed E-state index contributed by atoms with van der Waals surface area (Å²) in [5.41, 5.74) is 5.02. The average Bonchev–Trinajstić information content (AvgIpc) is 2.91. The van der Waals surface area contributed by atoms with E-state index in [9.17, 15) is 9.59 Å². The number of rotatable bonds is 11. The molecule has 0 spiro atoms. The average molecular weight is 355 g/mol. The molecule has 1 atom stereocenters. The lowest BCUT2D eigenvalue weighted by Gasteiger charge is -2.07. The third-order valence-corrected chi connectivity index (χ3v) is 8.00. The first-order valence-electron chi connectivity index (χ1n) is 6.76. The Kier molecular flexibility index (Phi) is 11.0. The standard InChI is InChI=1S/C12H22N2O2S4/c13-11(15)9-19-17-8-6-14-12(16)4-2-1-3-10-5-7-18-20-10/h10H,1-9H2,(H2,13,15)(H,14,16)/t10-/m1/s1. The Hall–Kier alpha value is 0.340. The molecule has 1 fully saturated rings. The van der Waals surface area contributed by atoms with E-state index < -0.39 is 0 Å². The molecule has 1 saturated heterocycles. The van der Waals surface area contributed by atoms with E-state index in [-0.39, 0.29) is 11.8 Å². The van der Waals surface area contributed by atoms with Gasteiger partial charge in [-0.05, 0) is 19.3 Å². The highest BCUT2D eigenvalue weighted by Gasteiger charge is 2.15. The number of unbranched alkanes of at least 4 members (excludes halogenated alkanes) is 1. The number of nitrogens with two attached hydrogens (primary N) is 1. The first-order valence-corrected chi connectivity index (χ1v) is 11.6. The van der Waals surface area contributed by atoms with Gasteiger partial charge in [-0.25, -0.2) is 0 Å². The number of hydrogen-bond acceptors (Lipinski definition) is 6. The molecular weight excluding hydrogens is 332 g/mol. The molecule has 1 heterocycles. The fourth-order valence-corrected chi connectivity index (χ4v) is 6.43. The Morgan fingerprint density at radius 1 is 1.30 bits per heavy atom. The summed E-state index contributed by atoms with van der Waals surface area (Å²) in [6.45, 7) is 0.657. The minimum atomic E-state index is -0.301. The van der Waals surface area contributed by atoms with Crippen LogP contribution in [-0.2, 0) is 9.59 Å². The number of carbonyl (C=O) groups is 2. The molecule has 1 aliphatic rings. The minimum Gasteiger partial charge on any atom is -0.369 e. The van der Waals surface area contributed by atoms with Crippen LogP contribution in [0.1, 0.15) is 32.1 Å². The number of nitrogens with one attached hydrogen (secondary N) is 1. The summed E-state index contributed by atoms with van der Waals surface area (Å²) in [7, 11) is 6.97. The monoisotopic (exact) mass is 354 g/mol. The van der Waals surface area contributed by atoms with E-state index >= 15 is 0 Å². The maximum absolute atomic E-state index is 11.6. The Balaban J connectivity index is 1.83. The minimum absolute atomic E-state index is 0.138. The van der Waals surface area contributed by atoms with E-state index in [1.54, 1.807) is 10.8 Å². The Morgan fingerprint density at radius 3 is 2.85 bits per heavy atom. The maximum Gasteiger partial charge on any atom is 0.228 e. The molecule has 116 valence electrons. The van der Waals surface area contributed by atoms with E-state index in [0.29, 0.717) is 18.7 Å². The highest BCUT2D eigenvalue weighted by atomic mass is 33.1. The maximum atomic E-state index is 11.6. The molecule has 0 aromatic heterocycles. The van der Waals surface area contributed by atoms with Crippen LogP contribution in [-0.4, -0.2) is 40.9 Å². The molecule has 0 aromatic rings. The Labute approximate surface area is 136 Å². The van der Waals surface area contributed by atoms with Gasteiger partial charge in [-0.2, -0.15) is 0 Å². The quantitative estimate of drug-likeness (QED) is 0.439. The first-order chi connectivity index (χ1) is 9.68. The van der Waals surface area contributed by atoms with Gasteiger partial charge >= 0.3 is 0 Å². The van der Waals surface area contributed by atoms with Gasteiger partial charge in [0, 0.05) is 29.7 Å². The fourth-order valence-electron chi connectivity index (χ4n) is 1.70. The lowest BCUT2D eigenvalue weighted by molar-refractivity contribution is -0.121. The second kappa shape index (κ2) is 11.9. The van der Waals surface area contributed by atoms with Gasteiger partial charge in [0.1, 0.15) is 0 Å². The van der Waals surface area contributed by atoms with Crippen molar-refractivity contribution in [2.75, 3.05) is 23.8 Å². The van der Waals surface area contributed by atoms with Crippen LogP contribution in [0.3, 0.4) is 0 Å². The highest BCUT2D eigenvalue weighted by Crippen LogP contribution is 2.39. The molecule has 0 aliphatic carbocycles. The summed E-state index contributed by atoms with van der Waals surface area (Å²) >= 11 is 0. The number of primary amides is 1. The molecule has 2 amide bonds. The van der Waals surface area contributed by atoms with E-state index in [4.69, 9.17) is 5.73 Å². The second-order valence-corrected chi connectivity index (χ2v) is 9.85. The van der Waals surface area contributed by atoms with Crippen LogP contribution in [0.2, 0.25) is 0 Å². The van der Waals surface area contributed by atoms with E-state index in [1.165, 1.54) is 29.4 Å². The van der Waals surface area contributed by atoms with Crippen LogP contribution >= 0.6 is 43.2 Å². The van der Waals surface area contributed by atoms with Crippen molar-refractivity contribution in [2.45, 2.75) is 37.4 Å². The van der Waals surface area contributed by atoms with Crippen molar-refractivity contribution in [2.24, 2.45) is 5.73 Å².